The largest absolute Gasteiger partial charge is 0.454 e. The molecule has 0 aliphatic rings. The van der Waals surface area contributed by atoms with Gasteiger partial charge in [0.1, 0.15) is 5.75 Å². The van der Waals surface area contributed by atoms with Gasteiger partial charge in [-0.25, -0.2) is 4.68 Å². The Labute approximate surface area is 114 Å². The van der Waals surface area contributed by atoms with E-state index in [1.165, 1.54) is 10.9 Å². The van der Waals surface area contributed by atoms with Crippen molar-refractivity contribution in [3.8, 4) is 17.6 Å². The molecule has 0 saturated carbocycles. The second-order valence-electron chi connectivity index (χ2n) is 3.68. The molecule has 96 valence electrons. The Kier molecular flexibility index (Phi) is 3.83. The second-order valence-corrected chi connectivity index (χ2v) is 4.06. The molecule has 0 radical (unpaired) electrons. The average molecular weight is 276 g/mol. The zero-order chi connectivity index (χ0) is 13.8. The van der Waals surface area contributed by atoms with Gasteiger partial charge < -0.3 is 4.74 Å². The quantitative estimate of drug-likeness (QED) is 0.863. The predicted molar refractivity (Wildman–Crippen MR) is 70.4 cm³/mol. The number of hydrogen-bond donors (Lipinski definition) is 0. The predicted octanol–water partition coefficient (Wildman–Crippen LogP) is 2.58. The number of aryl methyl sites for hydroxylation is 1. The van der Waals surface area contributed by atoms with Crippen molar-refractivity contribution in [2.24, 2.45) is 0 Å². The Morgan fingerprint density at radius 2 is 2.11 bits per heavy atom. The number of nitrogens with zero attached hydrogens (tertiary/aromatic N) is 3. The highest BCUT2D eigenvalue weighted by molar-refractivity contribution is 6.31. The number of aromatic nitrogens is 2. The highest BCUT2D eigenvalue weighted by Gasteiger charge is 2.10. The molecule has 0 N–H and O–H groups in total. The van der Waals surface area contributed by atoms with Crippen LogP contribution in [0.4, 0.5) is 0 Å². The molecule has 0 unspecified atom stereocenters. The molecule has 0 fully saturated rings. The SMILES string of the molecule is CCn1ncc(Oc2ccc(C#N)cc2)c(Cl)c1=O. The first-order valence-electron chi connectivity index (χ1n) is 5.59. The van der Waals surface area contributed by atoms with Crippen molar-refractivity contribution in [1.29, 1.82) is 5.26 Å². The summed E-state index contributed by atoms with van der Waals surface area (Å²) >= 11 is 5.93. The molecule has 0 atom stereocenters. The summed E-state index contributed by atoms with van der Waals surface area (Å²) in [5, 5.41) is 12.6. The first kappa shape index (κ1) is 13.1. The fraction of sp³-hybridized carbons (Fsp3) is 0.154. The lowest BCUT2D eigenvalue weighted by Gasteiger charge is -2.08. The highest BCUT2D eigenvalue weighted by Crippen LogP contribution is 2.25. The van der Waals surface area contributed by atoms with Crippen LogP contribution in [0.1, 0.15) is 12.5 Å². The van der Waals surface area contributed by atoms with Crippen molar-refractivity contribution in [2.45, 2.75) is 13.5 Å². The van der Waals surface area contributed by atoms with E-state index >= 15 is 0 Å². The average Bonchev–Trinajstić information content (AvgIpc) is 2.45. The van der Waals surface area contributed by atoms with E-state index in [0.717, 1.165) is 0 Å². The van der Waals surface area contributed by atoms with Crippen LogP contribution in [0.3, 0.4) is 0 Å². The van der Waals surface area contributed by atoms with E-state index in [9.17, 15) is 4.79 Å². The minimum Gasteiger partial charge on any atom is -0.454 e. The zero-order valence-electron chi connectivity index (χ0n) is 10.1. The monoisotopic (exact) mass is 275 g/mol. The van der Waals surface area contributed by atoms with Crippen LogP contribution in [0.25, 0.3) is 0 Å². The number of halogens is 1. The molecule has 2 aromatic rings. The smallest absolute Gasteiger partial charge is 0.289 e. The summed E-state index contributed by atoms with van der Waals surface area (Å²) in [6, 6.07) is 8.49. The molecule has 0 saturated heterocycles. The Morgan fingerprint density at radius 1 is 1.42 bits per heavy atom. The molecular formula is C13H10ClN3O2. The van der Waals surface area contributed by atoms with Crippen molar-refractivity contribution in [3.05, 3.63) is 51.4 Å². The van der Waals surface area contributed by atoms with E-state index in [2.05, 4.69) is 5.10 Å². The fourth-order valence-electron chi connectivity index (χ4n) is 1.47. The number of nitriles is 1. The van der Waals surface area contributed by atoms with Crippen LogP contribution in [-0.4, -0.2) is 9.78 Å². The van der Waals surface area contributed by atoms with Crippen LogP contribution < -0.4 is 10.3 Å². The fourth-order valence-corrected chi connectivity index (χ4v) is 1.66. The van der Waals surface area contributed by atoms with Gasteiger partial charge in [0.05, 0.1) is 17.8 Å². The van der Waals surface area contributed by atoms with Gasteiger partial charge in [-0.1, -0.05) is 11.6 Å². The molecule has 1 aromatic carbocycles. The van der Waals surface area contributed by atoms with Crippen LogP contribution in [0.2, 0.25) is 5.02 Å². The van der Waals surface area contributed by atoms with Crippen molar-refractivity contribution in [2.75, 3.05) is 0 Å². The molecule has 0 amide bonds. The number of ether oxygens (including phenoxy) is 1. The van der Waals surface area contributed by atoms with E-state index < -0.39 is 5.56 Å². The van der Waals surface area contributed by atoms with Gasteiger partial charge in [0.25, 0.3) is 5.56 Å². The number of benzene rings is 1. The summed E-state index contributed by atoms with van der Waals surface area (Å²) in [6.07, 6.45) is 1.39. The summed E-state index contributed by atoms with van der Waals surface area (Å²) in [5.41, 5.74) is 0.133. The summed E-state index contributed by atoms with van der Waals surface area (Å²) < 4.78 is 6.72. The van der Waals surface area contributed by atoms with Crippen LogP contribution in [-0.2, 0) is 6.54 Å². The van der Waals surface area contributed by atoms with Gasteiger partial charge >= 0.3 is 0 Å². The maximum atomic E-state index is 11.8. The molecular weight excluding hydrogens is 266 g/mol. The normalized spacial score (nSPS) is 9.95. The van der Waals surface area contributed by atoms with Crippen LogP contribution in [0.5, 0.6) is 11.5 Å². The first-order chi connectivity index (χ1) is 9.15. The van der Waals surface area contributed by atoms with E-state index in [-0.39, 0.29) is 10.8 Å². The third-order valence-electron chi connectivity index (χ3n) is 2.46. The topological polar surface area (TPSA) is 67.9 Å². The molecule has 6 heteroatoms. The van der Waals surface area contributed by atoms with E-state index in [0.29, 0.717) is 17.9 Å². The first-order valence-corrected chi connectivity index (χ1v) is 5.97. The molecule has 1 heterocycles. The van der Waals surface area contributed by atoms with Crippen LogP contribution in [0.15, 0.2) is 35.3 Å². The summed E-state index contributed by atoms with van der Waals surface area (Å²) in [4.78, 5) is 11.8. The van der Waals surface area contributed by atoms with E-state index in [1.54, 1.807) is 31.2 Å². The maximum Gasteiger partial charge on any atom is 0.289 e. The lowest BCUT2D eigenvalue weighted by Crippen LogP contribution is -2.22. The molecule has 0 spiro atoms. The molecule has 1 aromatic heterocycles. The second kappa shape index (κ2) is 5.55. The Morgan fingerprint density at radius 3 is 2.68 bits per heavy atom. The van der Waals surface area contributed by atoms with Gasteiger partial charge in [-0.05, 0) is 31.2 Å². The zero-order valence-corrected chi connectivity index (χ0v) is 10.9. The van der Waals surface area contributed by atoms with E-state index in [4.69, 9.17) is 21.6 Å². The minimum absolute atomic E-state index is 0.0128. The Balaban J connectivity index is 2.31. The summed E-state index contributed by atoms with van der Waals surface area (Å²) in [5.74, 6) is 0.678. The maximum absolute atomic E-state index is 11.8. The third-order valence-corrected chi connectivity index (χ3v) is 2.81. The molecule has 0 aliphatic carbocycles. The van der Waals surface area contributed by atoms with Gasteiger partial charge in [-0.3, -0.25) is 4.79 Å². The van der Waals surface area contributed by atoms with Crippen molar-refractivity contribution in [3.63, 3.8) is 0 Å². The van der Waals surface area contributed by atoms with Gasteiger partial charge in [-0.2, -0.15) is 10.4 Å². The van der Waals surface area contributed by atoms with Crippen molar-refractivity contribution >= 4 is 11.6 Å². The lowest BCUT2D eigenvalue weighted by molar-refractivity contribution is 0.469. The van der Waals surface area contributed by atoms with E-state index in [1.807, 2.05) is 6.07 Å². The van der Waals surface area contributed by atoms with Crippen LogP contribution >= 0.6 is 11.6 Å². The summed E-state index contributed by atoms with van der Waals surface area (Å²) in [6.45, 7) is 2.24. The molecule has 0 bridgehead atoms. The summed E-state index contributed by atoms with van der Waals surface area (Å²) in [7, 11) is 0. The minimum atomic E-state index is -0.393. The Bertz CT molecular complexity index is 687. The van der Waals surface area contributed by atoms with Crippen molar-refractivity contribution < 1.29 is 4.74 Å². The standard InChI is InChI=1S/C13H10ClN3O2/c1-2-17-13(18)12(14)11(8-16-17)19-10-5-3-9(7-15)4-6-10/h3-6,8H,2H2,1H3. The highest BCUT2D eigenvalue weighted by atomic mass is 35.5. The number of hydrogen-bond acceptors (Lipinski definition) is 4. The molecule has 19 heavy (non-hydrogen) atoms. The van der Waals surface area contributed by atoms with Gasteiger partial charge in [0.2, 0.25) is 0 Å². The third kappa shape index (κ3) is 2.75. The Hall–Kier alpha value is -2.32. The molecule has 0 aliphatic heterocycles. The van der Waals surface area contributed by atoms with Gasteiger partial charge in [-0.15, -0.1) is 0 Å². The number of rotatable bonds is 3. The van der Waals surface area contributed by atoms with Gasteiger partial charge in [0.15, 0.2) is 10.8 Å². The van der Waals surface area contributed by atoms with Gasteiger partial charge in [0, 0.05) is 6.54 Å². The van der Waals surface area contributed by atoms with Crippen LogP contribution in [0, 0.1) is 11.3 Å². The molecule has 2 rings (SSSR count). The van der Waals surface area contributed by atoms with Crippen molar-refractivity contribution in [1.82, 2.24) is 9.78 Å². The lowest BCUT2D eigenvalue weighted by atomic mass is 10.2. The molecule has 5 nitrogen and oxygen atoms in total.